The molecule has 2 saturated carbocycles. The summed E-state index contributed by atoms with van der Waals surface area (Å²) < 4.78 is 5.21. The van der Waals surface area contributed by atoms with Crippen molar-refractivity contribution in [2.45, 2.75) is 65.4 Å². The molecule has 114 valence electrons. The Morgan fingerprint density at radius 3 is 1.57 bits per heavy atom. The van der Waals surface area contributed by atoms with E-state index in [4.69, 9.17) is 4.74 Å². The van der Waals surface area contributed by atoms with Crippen molar-refractivity contribution < 1.29 is 136 Å². The van der Waals surface area contributed by atoms with Crippen molar-refractivity contribution in [3.63, 3.8) is 0 Å². The van der Waals surface area contributed by atoms with Crippen molar-refractivity contribution in [3.05, 3.63) is 12.8 Å². The second-order valence-electron chi connectivity index (χ2n) is 5.71. The molecule has 0 aromatic carbocycles. The molecule has 4 atom stereocenters. The van der Waals surface area contributed by atoms with Gasteiger partial charge in [-0.2, -0.15) is 24.7 Å². The third-order valence-corrected chi connectivity index (χ3v) is 4.26. The summed E-state index contributed by atoms with van der Waals surface area (Å²) in [5, 5.41) is 0. The molecule has 0 bridgehead atoms. The molecule has 0 aromatic heterocycles. The molecule has 21 heavy (non-hydrogen) atoms. The Kier molecular flexibility index (Phi) is 32.5. The fourth-order valence-electron chi connectivity index (χ4n) is 2.87. The monoisotopic (exact) mass is 594 g/mol. The van der Waals surface area contributed by atoms with Crippen LogP contribution in [0, 0.1) is 30.6 Å². The minimum atomic E-state index is 0. The third-order valence-electron chi connectivity index (χ3n) is 4.26. The zero-order chi connectivity index (χ0) is 12.7. The van der Waals surface area contributed by atoms with Gasteiger partial charge in [-0.1, -0.05) is 52.4 Å². The van der Waals surface area contributed by atoms with Gasteiger partial charge in [0.2, 0.25) is 0 Å². The largest absolute Gasteiger partial charge is 0.384 e. The second-order valence-corrected chi connectivity index (χ2v) is 5.71. The van der Waals surface area contributed by atoms with Gasteiger partial charge in [0.15, 0.2) is 0 Å². The van der Waals surface area contributed by atoms with Crippen LogP contribution in [-0.2, 0) is 136 Å². The maximum Gasteiger partial charge on any atom is 0.0357 e. The average molecular weight is 594 g/mol. The van der Waals surface area contributed by atoms with Crippen molar-refractivity contribution in [1.82, 2.24) is 0 Å². The first-order valence-electron chi connectivity index (χ1n) is 7.38. The molecule has 0 aliphatic heterocycles. The van der Waals surface area contributed by atoms with E-state index in [-0.39, 0.29) is 131 Å². The second kappa shape index (κ2) is 20.7. The summed E-state index contributed by atoms with van der Waals surface area (Å²) in [7, 11) is 1.80. The van der Waals surface area contributed by atoms with Gasteiger partial charge in [-0.15, -0.1) is 0 Å². The standard InChI is InChI=1S/C8H15O.C8H15.4Y/c1-3-7-4-5-8(6-7)9-2;1-3-8-5-4-7(2)6-8;;;;/h4,7-8H,3,5-6H2,1-2H3;5,7-8H,3-4,6H2,1-2H3;;;;/q2*-1;;;;. The summed E-state index contributed by atoms with van der Waals surface area (Å²) in [5.41, 5.74) is 0. The van der Waals surface area contributed by atoms with Gasteiger partial charge in [0, 0.05) is 144 Å². The molecule has 0 heterocycles. The Labute approximate surface area is 234 Å². The van der Waals surface area contributed by atoms with Crippen molar-refractivity contribution in [2.24, 2.45) is 17.8 Å². The average Bonchev–Trinajstić information content (AvgIpc) is 2.97. The van der Waals surface area contributed by atoms with E-state index in [2.05, 4.69) is 33.6 Å². The Bertz CT molecular complexity index is 195. The van der Waals surface area contributed by atoms with Gasteiger partial charge in [-0.25, -0.2) is 0 Å². The minimum Gasteiger partial charge on any atom is -0.384 e. The predicted molar refractivity (Wildman–Crippen MR) is 74.6 cm³/mol. The topological polar surface area (TPSA) is 9.23 Å². The maximum atomic E-state index is 5.21. The summed E-state index contributed by atoms with van der Waals surface area (Å²) in [6, 6.07) is 0. The smallest absolute Gasteiger partial charge is 0.0357 e. The van der Waals surface area contributed by atoms with Gasteiger partial charge in [-0.05, 0) is 0 Å². The van der Waals surface area contributed by atoms with Crippen molar-refractivity contribution in [1.29, 1.82) is 0 Å². The van der Waals surface area contributed by atoms with Gasteiger partial charge in [0.25, 0.3) is 0 Å². The minimum absolute atomic E-state index is 0. The fraction of sp³-hybridized carbons (Fsp3) is 0.875. The Hall–Kier alpha value is 4.38. The Morgan fingerprint density at radius 2 is 1.33 bits per heavy atom. The Morgan fingerprint density at radius 1 is 0.857 bits per heavy atom. The van der Waals surface area contributed by atoms with Gasteiger partial charge in [0.05, 0.1) is 0 Å². The first kappa shape index (κ1) is 33.0. The maximum absolute atomic E-state index is 5.21. The molecule has 0 N–H and O–H groups in total. The molecule has 5 heteroatoms. The normalized spacial score (nSPS) is 29.7. The number of hydrogen-bond donors (Lipinski definition) is 0. The zero-order valence-corrected chi connectivity index (χ0v) is 25.8. The van der Waals surface area contributed by atoms with E-state index in [1.165, 1.54) is 32.1 Å². The van der Waals surface area contributed by atoms with Crippen LogP contribution in [0.15, 0.2) is 0 Å². The summed E-state index contributed by atoms with van der Waals surface area (Å²) in [4.78, 5) is 0. The summed E-state index contributed by atoms with van der Waals surface area (Å²) in [5.74, 6) is 2.75. The van der Waals surface area contributed by atoms with E-state index >= 15 is 0 Å². The van der Waals surface area contributed by atoms with E-state index in [9.17, 15) is 0 Å². The van der Waals surface area contributed by atoms with Gasteiger partial charge < -0.3 is 17.6 Å². The summed E-state index contributed by atoms with van der Waals surface area (Å²) >= 11 is 0. The number of ether oxygens (including phenoxy) is 1. The molecule has 4 unspecified atom stereocenters. The molecular weight excluding hydrogens is 564 g/mol. The first-order valence-corrected chi connectivity index (χ1v) is 7.38. The van der Waals surface area contributed by atoms with Crippen LogP contribution in [0.5, 0.6) is 0 Å². The van der Waals surface area contributed by atoms with Crippen molar-refractivity contribution >= 4 is 0 Å². The van der Waals surface area contributed by atoms with E-state index in [0.717, 1.165) is 24.2 Å². The quantitative estimate of drug-likeness (QED) is 0.433. The van der Waals surface area contributed by atoms with Gasteiger partial charge >= 0.3 is 0 Å². The van der Waals surface area contributed by atoms with Crippen LogP contribution in [0.25, 0.3) is 0 Å². The molecule has 2 rings (SSSR count). The molecule has 0 aromatic rings. The van der Waals surface area contributed by atoms with Crippen molar-refractivity contribution in [3.8, 4) is 0 Å². The summed E-state index contributed by atoms with van der Waals surface area (Å²) in [6.45, 7) is 6.85. The SMILES string of the molecule is CCC1[CH-]CC(C)C1.CCC1[CH-]CC(OC)C1.[Y].[Y].[Y].[Y]. The van der Waals surface area contributed by atoms with Crippen LogP contribution in [0.2, 0.25) is 0 Å². The predicted octanol–water partition coefficient (Wildman–Crippen LogP) is 4.66. The fourth-order valence-corrected chi connectivity index (χ4v) is 2.87. The van der Waals surface area contributed by atoms with Crippen LogP contribution in [-0.4, -0.2) is 13.2 Å². The van der Waals surface area contributed by atoms with E-state index < -0.39 is 0 Å². The van der Waals surface area contributed by atoms with Gasteiger partial charge in [-0.3, -0.25) is 0 Å². The first-order chi connectivity index (χ1) is 8.19. The Balaban J connectivity index is -0.000000116. The van der Waals surface area contributed by atoms with Crippen LogP contribution in [0.3, 0.4) is 0 Å². The molecule has 0 spiro atoms. The third kappa shape index (κ3) is 15.2. The molecule has 4 radical (unpaired) electrons. The van der Waals surface area contributed by atoms with Crippen LogP contribution < -0.4 is 0 Å². The van der Waals surface area contributed by atoms with Crippen LogP contribution >= 0.6 is 0 Å². The number of rotatable bonds is 3. The molecular formula is C16H30OY4-2. The molecule has 2 fully saturated rings. The van der Waals surface area contributed by atoms with Crippen molar-refractivity contribution in [2.75, 3.05) is 7.11 Å². The van der Waals surface area contributed by atoms with E-state index in [1.54, 1.807) is 7.11 Å². The van der Waals surface area contributed by atoms with E-state index in [1.807, 2.05) is 0 Å². The molecule has 2 aliphatic carbocycles. The molecule has 0 amide bonds. The van der Waals surface area contributed by atoms with Gasteiger partial charge in [0.1, 0.15) is 0 Å². The summed E-state index contributed by atoms with van der Waals surface area (Å²) in [6.07, 6.45) is 13.2. The molecule has 1 nitrogen and oxygen atoms in total. The van der Waals surface area contributed by atoms with Crippen LogP contribution in [0.1, 0.15) is 59.3 Å². The van der Waals surface area contributed by atoms with E-state index in [0.29, 0.717) is 6.10 Å². The number of methoxy groups -OCH3 is 1. The molecule has 0 saturated heterocycles. The molecule has 2 aliphatic rings. The zero-order valence-electron chi connectivity index (χ0n) is 14.4. The van der Waals surface area contributed by atoms with Crippen LogP contribution in [0.4, 0.5) is 0 Å². The number of hydrogen-bond acceptors (Lipinski definition) is 1.